The van der Waals surface area contributed by atoms with Crippen LogP contribution in [0.1, 0.15) is 25.3 Å². The largest absolute Gasteiger partial charge is 0.484 e. The highest BCUT2D eigenvalue weighted by atomic mass is 16.5. The van der Waals surface area contributed by atoms with Crippen molar-refractivity contribution < 1.29 is 9.53 Å². The predicted octanol–water partition coefficient (Wildman–Crippen LogP) is 2.55. The highest BCUT2D eigenvalue weighted by Crippen LogP contribution is 2.18. The van der Waals surface area contributed by atoms with E-state index in [-0.39, 0.29) is 12.5 Å². The number of anilines is 1. The predicted molar refractivity (Wildman–Crippen MR) is 73.2 cm³/mol. The zero-order valence-electron chi connectivity index (χ0n) is 11.0. The molecule has 0 aliphatic rings. The summed E-state index contributed by atoms with van der Waals surface area (Å²) in [5, 5.41) is 9.02. The van der Waals surface area contributed by atoms with E-state index in [9.17, 15) is 4.79 Å². The van der Waals surface area contributed by atoms with Gasteiger partial charge >= 0.3 is 0 Å². The summed E-state index contributed by atoms with van der Waals surface area (Å²) in [5.41, 5.74) is 1.87. The third kappa shape index (κ3) is 3.84. The molecule has 0 unspecified atom stereocenters. The second-order valence-corrected chi connectivity index (χ2v) is 4.55. The first-order valence-electron chi connectivity index (χ1n) is 6.16. The summed E-state index contributed by atoms with van der Waals surface area (Å²) in [6.45, 7) is 4.24. The van der Waals surface area contributed by atoms with E-state index in [0.717, 1.165) is 0 Å². The molecular formula is C14H17N3O2. The van der Waals surface area contributed by atoms with Crippen LogP contribution in [0.5, 0.6) is 5.75 Å². The van der Waals surface area contributed by atoms with Crippen LogP contribution in [0.25, 0.3) is 0 Å². The van der Waals surface area contributed by atoms with E-state index in [4.69, 9.17) is 4.74 Å². The van der Waals surface area contributed by atoms with Crippen molar-refractivity contribution in [3.63, 3.8) is 0 Å². The molecule has 0 bridgehead atoms. The molecule has 1 heterocycles. The van der Waals surface area contributed by atoms with E-state index in [1.165, 1.54) is 11.8 Å². The zero-order valence-corrected chi connectivity index (χ0v) is 11.0. The molecule has 2 rings (SSSR count). The van der Waals surface area contributed by atoms with Crippen molar-refractivity contribution in [1.82, 2.24) is 10.2 Å². The van der Waals surface area contributed by atoms with Gasteiger partial charge in [-0.05, 0) is 23.6 Å². The Hall–Kier alpha value is -2.30. The van der Waals surface area contributed by atoms with Crippen molar-refractivity contribution in [2.24, 2.45) is 0 Å². The standard InChI is InChI=1S/C14H17N3O2/c1-10(2)11-3-5-13(6-4-11)19-9-14(18)17-12-7-15-16-8-12/h3-8,10H,9H2,1-2H3,(H,15,16)(H,17,18). The van der Waals surface area contributed by atoms with Crippen molar-refractivity contribution in [3.05, 3.63) is 42.2 Å². The summed E-state index contributed by atoms with van der Waals surface area (Å²) in [6.07, 6.45) is 3.14. The van der Waals surface area contributed by atoms with Crippen LogP contribution in [0, 0.1) is 0 Å². The van der Waals surface area contributed by atoms with Crippen molar-refractivity contribution in [1.29, 1.82) is 0 Å². The minimum absolute atomic E-state index is 0.0216. The molecule has 1 aromatic carbocycles. The summed E-state index contributed by atoms with van der Waals surface area (Å²) in [4.78, 5) is 11.6. The highest BCUT2D eigenvalue weighted by Gasteiger charge is 2.05. The number of H-pyrrole nitrogens is 1. The average Bonchev–Trinajstić information content (AvgIpc) is 2.89. The number of hydrogen-bond donors (Lipinski definition) is 2. The monoisotopic (exact) mass is 259 g/mol. The second kappa shape index (κ2) is 6.04. The number of aromatic amines is 1. The van der Waals surface area contributed by atoms with Crippen molar-refractivity contribution in [2.75, 3.05) is 11.9 Å². The van der Waals surface area contributed by atoms with Crippen molar-refractivity contribution >= 4 is 11.6 Å². The van der Waals surface area contributed by atoms with E-state index in [2.05, 4.69) is 29.4 Å². The molecule has 0 saturated heterocycles. The van der Waals surface area contributed by atoms with E-state index in [1.54, 1.807) is 6.20 Å². The van der Waals surface area contributed by atoms with Gasteiger partial charge in [-0.25, -0.2) is 0 Å². The first-order chi connectivity index (χ1) is 9.15. The molecule has 0 aliphatic heterocycles. The third-order valence-corrected chi connectivity index (χ3v) is 2.70. The smallest absolute Gasteiger partial charge is 0.262 e. The lowest BCUT2D eigenvalue weighted by molar-refractivity contribution is -0.118. The van der Waals surface area contributed by atoms with Crippen LogP contribution in [0.3, 0.4) is 0 Å². The Bertz CT molecular complexity index is 518. The number of carbonyl (C=O) groups is 1. The van der Waals surface area contributed by atoms with Gasteiger partial charge in [0.25, 0.3) is 5.91 Å². The Morgan fingerprint density at radius 1 is 1.37 bits per heavy atom. The summed E-state index contributed by atoms with van der Waals surface area (Å²) in [7, 11) is 0. The van der Waals surface area contributed by atoms with E-state index >= 15 is 0 Å². The van der Waals surface area contributed by atoms with Gasteiger partial charge in [0.1, 0.15) is 5.75 Å². The van der Waals surface area contributed by atoms with Crippen LogP contribution in [0.2, 0.25) is 0 Å². The molecular weight excluding hydrogens is 242 g/mol. The number of amides is 1. The molecule has 0 fully saturated rings. The summed E-state index contributed by atoms with van der Waals surface area (Å²) >= 11 is 0. The lowest BCUT2D eigenvalue weighted by Gasteiger charge is -2.08. The molecule has 5 heteroatoms. The summed E-state index contributed by atoms with van der Waals surface area (Å²) in [5.74, 6) is 0.958. The number of carbonyl (C=O) groups excluding carboxylic acids is 1. The minimum Gasteiger partial charge on any atom is -0.484 e. The lowest BCUT2D eigenvalue weighted by atomic mass is 10.0. The number of benzene rings is 1. The fourth-order valence-electron chi connectivity index (χ4n) is 1.61. The van der Waals surface area contributed by atoms with Gasteiger partial charge < -0.3 is 10.1 Å². The van der Waals surface area contributed by atoms with Crippen LogP contribution in [0.15, 0.2) is 36.7 Å². The fourth-order valence-corrected chi connectivity index (χ4v) is 1.61. The van der Waals surface area contributed by atoms with Crippen molar-refractivity contribution in [2.45, 2.75) is 19.8 Å². The van der Waals surface area contributed by atoms with Gasteiger partial charge in [-0.2, -0.15) is 5.10 Å². The molecule has 1 aromatic heterocycles. The maximum atomic E-state index is 11.6. The van der Waals surface area contributed by atoms with Gasteiger partial charge in [0.05, 0.1) is 11.9 Å². The Kier molecular flexibility index (Phi) is 4.18. The quantitative estimate of drug-likeness (QED) is 0.867. The first-order valence-corrected chi connectivity index (χ1v) is 6.16. The summed E-state index contributed by atoms with van der Waals surface area (Å²) in [6, 6.07) is 7.77. The number of nitrogens with one attached hydrogen (secondary N) is 2. The molecule has 2 N–H and O–H groups in total. The molecule has 0 saturated carbocycles. The van der Waals surface area contributed by atoms with Crippen LogP contribution >= 0.6 is 0 Å². The molecule has 0 radical (unpaired) electrons. The number of rotatable bonds is 5. The Balaban J connectivity index is 1.83. The number of aromatic nitrogens is 2. The normalized spacial score (nSPS) is 10.5. The van der Waals surface area contributed by atoms with Gasteiger partial charge in [0.15, 0.2) is 6.61 Å². The SMILES string of the molecule is CC(C)c1ccc(OCC(=O)Nc2cn[nH]c2)cc1. The Morgan fingerprint density at radius 3 is 2.68 bits per heavy atom. The number of ether oxygens (including phenoxy) is 1. The van der Waals surface area contributed by atoms with E-state index in [0.29, 0.717) is 17.4 Å². The topological polar surface area (TPSA) is 67.0 Å². The van der Waals surface area contributed by atoms with Gasteiger partial charge in [0.2, 0.25) is 0 Å². The van der Waals surface area contributed by atoms with Crippen LogP contribution in [-0.2, 0) is 4.79 Å². The van der Waals surface area contributed by atoms with Crippen LogP contribution in [-0.4, -0.2) is 22.7 Å². The zero-order chi connectivity index (χ0) is 13.7. The molecule has 0 spiro atoms. The molecule has 19 heavy (non-hydrogen) atoms. The van der Waals surface area contributed by atoms with E-state index < -0.39 is 0 Å². The molecule has 2 aromatic rings. The highest BCUT2D eigenvalue weighted by molar-refractivity contribution is 5.91. The maximum absolute atomic E-state index is 11.6. The molecule has 1 amide bonds. The second-order valence-electron chi connectivity index (χ2n) is 4.55. The van der Waals surface area contributed by atoms with Crippen LogP contribution < -0.4 is 10.1 Å². The summed E-state index contributed by atoms with van der Waals surface area (Å²) < 4.78 is 5.41. The minimum atomic E-state index is -0.214. The molecule has 100 valence electrons. The van der Waals surface area contributed by atoms with Crippen molar-refractivity contribution in [3.8, 4) is 5.75 Å². The van der Waals surface area contributed by atoms with E-state index in [1.807, 2.05) is 24.3 Å². The average molecular weight is 259 g/mol. The lowest BCUT2D eigenvalue weighted by Crippen LogP contribution is -2.19. The van der Waals surface area contributed by atoms with Gasteiger partial charge in [-0.3, -0.25) is 9.89 Å². The molecule has 0 aliphatic carbocycles. The number of nitrogens with zero attached hydrogens (tertiary/aromatic N) is 1. The third-order valence-electron chi connectivity index (χ3n) is 2.70. The molecule has 0 atom stereocenters. The fraction of sp³-hybridized carbons (Fsp3) is 0.286. The number of hydrogen-bond acceptors (Lipinski definition) is 3. The Morgan fingerprint density at radius 2 is 2.11 bits per heavy atom. The van der Waals surface area contributed by atoms with Gasteiger partial charge in [-0.15, -0.1) is 0 Å². The van der Waals surface area contributed by atoms with Crippen LogP contribution in [0.4, 0.5) is 5.69 Å². The first kappa shape index (κ1) is 13.1. The van der Waals surface area contributed by atoms with Gasteiger partial charge in [0, 0.05) is 6.20 Å². The van der Waals surface area contributed by atoms with Gasteiger partial charge in [-0.1, -0.05) is 26.0 Å². The molecule has 5 nitrogen and oxygen atoms in total. The maximum Gasteiger partial charge on any atom is 0.262 e. The Labute approximate surface area is 112 Å².